The summed E-state index contributed by atoms with van der Waals surface area (Å²) in [6.07, 6.45) is 0. The van der Waals surface area contributed by atoms with Crippen molar-refractivity contribution in [2.45, 2.75) is 19.4 Å². The second-order valence-corrected chi connectivity index (χ2v) is 5.73. The lowest BCUT2D eigenvalue weighted by Gasteiger charge is -2.45. The van der Waals surface area contributed by atoms with Gasteiger partial charge in [-0.3, -0.25) is 9.69 Å². The molecule has 19 heavy (non-hydrogen) atoms. The quantitative estimate of drug-likeness (QED) is 0.589. The van der Waals surface area contributed by atoms with E-state index in [9.17, 15) is 9.90 Å². The molecule has 5 nitrogen and oxygen atoms in total. The first-order chi connectivity index (χ1) is 8.81. The van der Waals surface area contributed by atoms with E-state index in [1.807, 2.05) is 4.90 Å². The van der Waals surface area contributed by atoms with Crippen molar-refractivity contribution in [3.05, 3.63) is 23.8 Å². The SMILES string of the molecule is CN1CCN(C(=O)c2ccc(N)c(O)c2)CC1(C)C. The fourth-order valence-corrected chi connectivity index (χ4v) is 2.27. The minimum atomic E-state index is -0.0588. The number of anilines is 1. The summed E-state index contributed by atoms with van der Waals surface area (Å²) in [6.45, 7) is 6.46. The first-order valence-electron chi connectivity index (χ1n) is 6.40. The van der Waals surface area contributed by atoms with E-state index in [0.717, 1.165) is 6.54 Å². The molecular formula is C14H21N3O2. The zero-order chi connectivity index (χ0) is 14.2. The Labute approximate surface area is 113 Å². The maximum Gasteiger partial charge on any atom is 0.254 e. The van der Waals surface area contributed by atoms with Crippen LogP contribution in [0.1, 0.15) is 24.2 Å². The highest BCUT2D eigenvalue weighted by atomic mass is 16.3. The number of hydrogen-bond donors (Lipinski definition) is 2. The van der Waals surface area contributed by atoms with Crippen molar-refractivity contribution in [1.82, 2.24) is 9.80 Å². The number of likely N-dealkylation sites (N-methyl/N-ethyl adjacent to an activating group) is 1. The standard InChI is InChI=1S/C14H21N3O2/c1-14(2)9-17(7-6-16(14)3)13(19)10-4-5-11(15)12(18)8-10/h4-5,8,18H,6-7,9,15H2,1-3H3. The first kappa shape index (κ1) is 13.7. The number of carbonyl (C=O) groups excluding carboxylic acids is 1. The number of aromatic hydroxyl groups is 1. The summed E-state index contributed by atoms with van der Waals surface area (Å²) in [7, 11) is 2.07. The van der Waals surface area contributed by atoms with Crippen LogP contribution in [0.25, 0.3) is 0 Å². The molecule has 1 fully saturated rings. The number of carbonyl (C=O) groups is 1. The molecule has 0 aromatic heterocycles. The first-order valence-corrected chi connectivity index (χ1v) is 6.40. The monoisotopic (exact) mass is 263 g/mol. The van der Waals surface area contributed by atoms with Crippen LogP contribution in [0, 0.1) is 0 Å². The smallest absolute Gasteiger partial charge is 0.254 e. The van der Waals surface area contributed by atoms with Gasteiger partial charge in [-0.25, -0.2) is 0 Å². The number of nitrogen functional groups attached to an aromatic ring is 1. The Bertz CT molecular complexity index is 499. The van der Waals surface area contributed by atoms with Crippen molar-refractivity contribution in [3.8, 4) is 5.75 Å². The van der Waals surface area contributed by atoms with Crippen LogP contribution in [-0.2, 0) is 0 Å². The fourth-order valence-electron chi connectivity index (χ4n) is 2.27. The second-order valence-electron chi connectivity index (χ2n) is 5.73. The Hall–Kier alpha value is -1.75. The van der Waals surface area contributed by atoms with Gasteiger partial charge in [0.1, 0.15) is 5.75 Å². The summed E-state index contributed by atoms with van der Waals surface area (Å²) < 4.78 is 0. The molecule has 0 aliphatic carbocycles. The van der Waals surface area contributed by atoms with Gasteiger partial charge in [0.15, 0.2) is 0 Å². The van der Waals surface area contributed by atoms with Crippen LogP contribution >= 0.6 is 0 Å². The number of rotatable bonds is 1. The van der Waals surface area contributed by atoms with Crippen LogP contribution in [0.4, 0.5) is 5.69 Å². The van der Waals surface area contributed by atoms with E-state index in [4.69, 9.17) is 5.73 Å². The molecule has 3 N–H and O–H groups in total. The van der Waals surface area contributed by atoms with Gasteiger partial charge in [-0.2, -0.15) is 0 Å². The number of benzene rings is 1. The van der Waals surface area contributed by atoms with Gasteiger partial charge < -0.3 is 15.7 Å². The molecule has 0 bridgehead atoms. The highest BCUT2D eigenvalue weighted by Gasteiger charge is 2.33. The molecule has 0 saturated carbocycles. The molecule has 1 saturated heterocycles. The van der Waals surface area contributed by atoms with Crippen LogP contribution in [-0.4, -0.2) is 53.0 Å². The lowest BCUT2D eigenvalue weighted by molar-refractivity contribution is 0.0311. The molecule has 2 rings (SSSR count). The number of nitrogens with zero attached hydrogens (tertiary/aromatic N) is 2. The van der Waals surface area contributed by atoms with Crippen LogP contribution < -0.4 is 5.73 Å². The Balaban J connectivity index is 2.18. The Morgan fingerprint density at radius 1 is 1.37 bits per heavy atom. The van der Waals surface area contributed by atoms with Gasteiger partial charge in [-0.15, -0.1) is 0 Å². The van der Waals surface area contributed by atoms with Crippen LogP contribution in [0.15, 0.2) is 18.2 Å². The Kier molecular flexibility index (Phi) is 3.41. The molecule has 1 heterocycles. The second kappa shape index (κ2) is 4.74. The van der Waals surface area contributed by atoms with Gasteiger partial charge in [-0.05, 0) is 39.1 Å². The average Bonchev–Trinajstić information content (AvgIpc) is 2.35. The van der Waals surface area contributed by atoms with E-state index in [1.54, 1.807) is 12.1 Å². The third-order valence-corrected chi connectivity index (χ3v) is 3.88. The van der Waals surface area contributed by atoms with E-state index in [-0.39, 0.29) is 22.9 Å². The van der Waals surface area contributed by atoms with Crippen molar-refractivity contribution < 1.29 is 9.90 Å². The summed E-state index contributed by atoms with van der Waals surface area (Å²) >= 11 is 0. The maximum absolute atomic E-state index is 12.4. The molecule has 1 aliphatic rings. The van der Waals surface area contributed by atoms with Crippen molar-refractivity contribution in [3.63, 3.8) is 0 Å². The topological polar surface area (TPSA) is 69.8 Å². The molecule has 0 spiro atoms. The van der Waals surface area contributed by atoms with Crippen molar-refractivity contribution >= 4 is 11.6 Å². The van der Waals surface area contributed by atoms with Gasteiger partial charge in [0.05, 0.1) is 5.69 Å². The molecule has 1 amide bonds. The number of amides is 1. The minimum Gasteiger partial charge on any atom is -0.506 e. The van der Waals surface area contributed by atoms with Crippen molar-refractivity contribution in [2.24, 2.45) is 0 Å². The van der Waals surface area contributed by atoms with Gasteiger partial charge >= 0.3 is 0 Å². The average molecular weight is 263 g/mol. The largest absolute Gasteiger partial charge is 0.506 e. The number of nitrogens with two attached hydrogens (primary N) is 1. The molecule has 1 aromatic rings. The van der Waals surface area contributed by atoms with Crippen LogP contribution in [0.3, 0.4) is 0 Å². The minimum absolute atomic E-state index is 0.0379. The van der Waals surface area contributed by atoms with Crippen LogP contribution in [0.2, 0.25) is 0 Å². The molecule has 0 radical (unpaired) electrons. The van der Waals surface area contributed by atoms with Gasteiger partial charge in [0.25, 0.3) is 5.91 Å². The predicted octanol–water partition coefficient (Wildman–Crippen LogP) is 1.14. The number of phenolic OH excluding ortho intramolecular Hbond substituents is 1. The zero-order valence-corrected chi connectivity index (χ0v) is 11.7. The van der Waals surface area contributed by atoms with E-state index >= 15 is 0 Å². The van der Waals surface area contributed by atoms with E-state index in [0.29, 0.717) is 18.7 Å². The van der Waals surface area contributed by atoms with E-state index in [2.05, 4.69) is 25.8 Å². The summed E-state index contributed by atoms with van der Waals surface area (Å²) in [4.78, 5) is 16.5. The summed E-state index contributed by atoms with van der Waals surface area (Å²) in [5.41, 5.74) is 6.28. The molecule has 0 unspecified atom stereocenters. The molecule has 1 aliphatic heterocycles. The highest BCUT2D eigenvalue weighted by molar-refractivity contribution is 5.95. The number of piperazine rings is 1. The zero-order valence-electron chi connectivity index (χ0n) is 11.7. The molecule has 5 heteroatoms. The predicted molar refractivity (Wildman–Crippen MR) is 75.1 cm³/mol. The number of hydrogen-bond acceptors (Lipinski definition) is 4. The Morgan fingerprint density at radius 2 is 2.05 bits per heavy atom. The van der Waals surface area contributed by atoms with Crippen LogP contribution in [0.5, 0.6) is 5.75 Å². The fraction of sp³-hybridized carbons (Fsp3) is 0.500. The Morgan fingerprint density at radius 3 is 2.63 bits per heavy atom. The summed E-state index contributed by atoms with van der Waals surface area (Å²) in [5, 5.41) is 9.59. The third kappa shape index (κ3) is 2.66. The van der Waals surface area contributed by atoms with E-state index in [1.165, 1.54) is 6.07 Å². The number of phenols is 1. The third-order valence-electron chi connectivity index (χ3n) is 3.88. The van der Waals surface area contributed by atoms with Crippen molar-refractivity contribution in [2.75, 3.05) is 32.4 Å². The maximum atomic E-state index is 12.4. The molecular weight excluding hydrogens is 242 g/mol. The summed E-state index contributed by atoms with van der Waals surface area (Å²) in [5.74, 6) is -0.101. The van der Waals surface area contributed by atoms with E-state index < -0.39 is 0 Å². The molecule has 0 atom stereocenters. The molecule has 104 valence electrons. The molecule has 1 aromatic carbocycles. The normalized spacial score (nSPS) is 19.4. The highest BCUT2D eigenvalue weighted by Crippen LogP contribution is 2.24. The lowest BCUT2D eigenvalue weighted by Crippen LogP contribution is -2.58. The van der Waals surface area contributed by atoms with Gasteiger partial charge in [0, 0.05) is 30.7 Å². The lowest BCUT2D eigenvalue weighted by atomic mass is 9.99. The van der Waals surface area contributed by atoms with Gasteiger partial charge in [-0.1, -0.05) is 0 Å². The summed E-state index contributed by atoms with van der Waals surface area (Å²) in [6, 6.07) is 4.65. The van der Waals surface area contributed by atoms with Gasteiger partial charge in [0.2, 0.25) is 0 Å². The van der Waals surface area contributed by atoms with Crippen molar-refractivity contribution in [1.29, 1.82) is 0 Å².